The molecule has 2 saturated heterocycles. The molecule has 3 aliphatic rings. The van der Waals surface area contributed by atoms with E-state index in [1.165, 1.54) is 12.1 Å². The molecule has 6 aromatic carbocycles. The SMILES string of the molecule is O=C(O)c1ccccc1C(=O)OC1CCN(c2cc(-c3ccccc3)nc(-c3ccccc3)n2)CC1.O=C1OC(=O)c2ccccc21.OC1CCN(c2cc(-c3ccccc3)nc(-c3ccccc3)n2)CC1. The van der Waals surface area contributed by atoms with Crippen LogP contribution >= 0.6 is 0 Å². The van der Waals surface area contributed by atoms with Crippen LogP contribution in [0.1, 0.15) is 67.1 Å². The summed E-state index contributed by atoms with van der Waals surface area (Å²) in [6, 6.07) is 56.9. The minimum absolute atomic E-state index is 0.0530. The molecule has 0 atom stereocenters. The van der Waals surface area contributed by atoms with Crippen molar-refractivity contribution < 1.29 is 38.9 Å². The average molecular weight is 959 g/mol. The van der Waals surface area contributed by atoms with E-state index >= 15 is 0 Å². The molecule has 2 N–H and O–H groups in total. The molecule has 2 aromatic heterocycles. The Bertz CT molecular complexity index is 3020. The van der Waals surface area contributed by atoms with Gasteiger partial charge < -0.3 is 29.5 Å². The number of anilines is 2. The third kappa shape index (κ3) is 11.7. The minimum Gasteiger partial charge on any atom is -0.478 e. The smallest absolute Gasteiger partial charge is 0.346 e. The van der Waals surface area contributed by atoms with Crippen LogP contribution in [0.5, 0.6) is 0 Å². The number of hydrogen-bond donors (Lipinski definition) is 2. The Morgan fingerprint density at radius 2 is 0.861 bits per heavy atom. The van der Waals surface area contributed by atoms with Crippen molar-refractivity contribution in [1.82, 2.24) is 19.9 Å². The molecule has 360 valence electrons. The van der Waals surface area contributed by atoms with E-state index in [1.54, 1.807) is 36.4 Å². The summed E-state index contributed by atoms with van der Waals surface area (Å²) >= 11 is 0. The molecule has 11 rings (SSSR count). The highest BCUT2D eigenvalue weighted by Gasteiger charge is 2.29. The number of fused-ring (bicyclic) bond motifs is 1. The lowest BCUT2D eigenvalue weighted by Crippen LogP contribution is -2.38. The number of nitrogens with zero attached hydrogens (tertiary/aromatic N) is 6. The van der Waals surface area contributed by atoms with Crippen LogP contribution in [0, 0.1) is 0 Å². The largest absolute Gasteiger partial charge is 0.478 e. The maximum absolute atomic E-state index is 12.7. The van der Waals surface area contributed by atoms with Crippen molar-refractivity contribution in [2.45, 2.75) is 37.9 Å². The number of ether oxygens (including phenoxy) is 2. The van der Waals surface area contributed by atoms with E-state index in [9.17, 15) is 29.4 Å². The molecule has 14 heteroatoms. The summed E-state index contributed by atoms with van der Waals surface area (Å²) in [6.45, 7) is 2.94. The van der Waals surface area contributed by atoms with Gasteiger partial charge in [0, 0.05) is 73.4 Å². The van der Waals surface area contributed by atoms with Crippen molar-refractivity contribution in [2.75, 3.05) is 36.0 Å². The fourth-order valence-corrected chi connectivity index (χ4v) is 8.53. The van der Waals surface area contributed by atoms with Crippen LogP contribution in [0.25, 0.3) is 45.3 Å². The van der Waals surface area contributed by atoms with Gasteiger partial charge in [0.15, 0.2) is 11.6 Å². The first-order valence-corrected chi connectivity index (χ1v) is 23.7. The molecule has 0 amide bonds. The summed E-state index contributed by atoms with van der Waals surface area (Å²) in [5.74, 6) is 0.296. The molecule has 0 saturated carbocycles. The first-order chi connectivity index (χ1) is 35.2. The zero-order valence-electron chi connectivity index (χ0n) is 39.2. The van der Waals surface area contributed by atoms with Gasteiger partial charge >= 0.3 is 23.9 Å². The number of cyclic esters (lactones) is 2. The van der Waals surface area contributed by atoms with Gasteiger partial charge in [0.25, 0.3) is 0 Å². The molecule has 8 aromatic rings. The first kappa shape index (κ1) is 48.2. The van der Waals surface area contributed by atoms with E-state index in [1.807, 2.05) is 115 Å². The highest BCUT2D eigenvalue weighted by Crippen LogP contribution is 2.30. The highest BCUT2D eigenvalue weighted by molar-refractivity contribution is 6.14. The van der Waals surface area contributed by atoms with Crippen molar-refractivity contribution in [3.05, 3.63) is 204 Å². The van der Waals surface area contributed by atoms with Gasteiger partial charge in [-0.25, -0.2) is 39.1 Å². The number of aromatic carboxylic acids is 1. The number of aliphatic hydroxyl groups excluding tert-OH is 1. The zero-order chi connectivity index (χ0) is 49.8. The van der Waals surface area contributed by atoms with Crippen LogP contribution in [0.4, 0.5) is 11.6 Å². The number of benzene rings is 6. The fraction of sp³-hybridized carbons (Fsp3) is 0.172. The summed E-state index contributed by atoms with van der Waals surface area (Å²) < 4.78 is 10.0. The van der Waals surface area contributed by atoms with Gasteiger partial charge in [-0.15, -0.1) is 0 Å². The maximum Gasteiger partial charge on any atom is 0.346 e. The molecule has 2 fully saturated rings. The second-order valence-electron chi connectivity index (χ2n) is 17.2. The molecule has 0 aliphatic carbocycles. The van der Waals surface area contributed by atoms with Gasteiger partial charge in [-0.2, -0.15) is 0 Å². The van der Waals surface area contributed by atoms with Crippen LogP contribution in [0.2, 0.25) is 0 Å². The van der Waals surface area contributed by atoms with Crippen LogP contribution in [-0.2, 0) is 9.47 Å². The Morgan fingerprint density at radius 1 is 0.486 bits per heavy atom. The first-order valence-electron chi connectivity index (χ1n) is 23.7. The Kier molecular flexibility index (Phi) is 15.2. The number of hydrogen-bond acceptors (Lipinski definition) is 13. The Morgan fingerprint density at radius 3 is 1.29 bits per heavy atom. The second kappa shape index (κ2) is 22.7. The summed E-state index contributed by atoms with van der Waals surface area (Å²) in [7, 11) is 0. The van der Waals surface area contributed by atoms with Gasteiger partial charge in [0.1, 0.15) is 17.7 Å². The lowest BCUT2D eigenvalue weighted by atomic mass is 10.1. The number of carbonyl (C=O) groups excluding carboxylic acids is 3. The molecule has 0 radical (unpaired) electrons. The number of aliphatic hydroxyl groups is 1. The summed E-state index contributed by atoms with van der Waals surface area (Å²) in [5, 5.41) is 19.1. The number of carbonyl (C=O) groups is 4. The fourth-order valence-electron chi connectivity index (χ4n) is 8.53. The monoisotopic (exact) mass is 958 g/mol. The molecule has 0 spiro atoms. The molecular weight excluding hydrogens is 909 g/mol. The normalized spacial score (nSPS) is 14.5. The van der Waals surface area contributed by atoms with Gasteiger partial charge in [-0.1, -0.05) is 146 Å². The van der Waals surface area contributed by atoms with E-state index in [2.05, 4.69) is 32.7 Å². The number of carboxylic acids is 1. The van der Waals surface area contributed by atoms with Gasteiger partial charge in [0.2, 0.25) is 0 Å². The van der Waals surface area contributed by atoms with Gasteiger partial charge in [-0.3, -0.25) is 0 Å². The third-order valence-electron chi connectivity index (χ3n) is 12.4. The van der Waals surface area contributed by atoms with Crippen LogP contribution < -0.4 is 9.80 Å². The van der Waals surface area contributed by atoms with Crippen LogP contribution in [0.3, 0.4) is 0 Å². The van der Waals surface area contributed by atoms with Crippen LogP contribution in [-0.4, -0.2) is 92.4 Å². The molecule has 0 bridgehead atoms. The Hall–Kier alpha value is -8.88. The number of carboxylic acid groups (broad SMARTS) is 1. The molecular formula is C58H50N6O8. The van der Waals surface area contributed by atoms with Crippen molar-refractivity contribution in [3.63, 3.8) is 0 Å². The predicted molar refractivity (Wildman–Crippen MR) is 274 cm³/mol. The van der Waals surface area contributed by atoms with Crippen molar-refractivity contribution in [1.29, 1.82) is 0 Å². The molecule has 14 nitrogen and oxygen atoms in total. The quantitative estimate of drug-likeness (QED) is 0.103. The average Bonchev–Trinajstić information content (AvgIpc) is 3.74. The molecule has 3 aliphatic heterocycles. The topological polar surface area (TPSA) is 185 Å². The predicted octanol–water partition coefficient (Wildman–Crippen LogP) is 10.1. The number of piperidine rings is 2. The zero-order valence-corrected chi connectivity index (χ0v) is 39.2. The highest BCUT2D eigenvalue weighted by atomic mass is 16.6. The third-order valence-corrected chi connectivity index (χ3v) is 12.4. The summed E-state index contributed by atoms with van der Waals surface area (Å²) in [6.07, 6.45) is 2.31. The lowest BCUT2D eigenvalue weighted by molar-refractivity contribution is 0.0239. The van der Waals surface area contributed by atoms with E-state index in [0.29, 0.717) is 42.9 Å². The summed E-state index contributed by atoms with van der Waals surface area (Å²) in [4.78, 5) is 69.5. The van der Waals surface area contributed by atoms with Crippen LogP contribution in [0.15, 0.2) is 182 Å². The number of rotatable bonds is 9. The molecule has 0 unspecified atom stereocenters. The van der Waals surface area contributed by atoms with Gasteiger partial charge in [0.05, 0.1) is 39.7 Å². The standard InChI is InChI=1S/C29H25N3O4.C21H21N3O.C8H4O3/c33-28(34)23-13-7-8-14-24(23)29(35)36-22-15-17-32(18-16-22)26-19-25(20-9-3-1-4-10-20)30-27(31-26)21-11-5-2-6-12-21;25-18-11-13-24(14-12-18)20-15-19(16-7-3-1-4-8-16)22-21(23-20)17-9-5-2-6-10-17;9-7-5-3-1-2-4-6(5)8(10)11-7/h1-14,19,22H,15-18H2,(H,33,34);1-10,15,18,25H,11-14H2;1-4H. The Balaban J connectivity index is 0.000000152. The van der Waals surface area contributed by atoms with Gasteiger partial charge in [-0.05, 0) is 37.1 Å². The Labute approximate surface area is 416 Å². The molecule has 72 heavy (non-hydrogen) atoms. The van der Waals surface area contributed by atoms with Crippen molar-refractivity contribution in [3.8, 4) is 45.3 Å². The summed E-state index contributed by atoms with van der Waals surface area (Å²) in [5.41, 5.74) is 6.56. The second-order valence-corrected chi connectivity index (χ2v) is 17.2. The number of esters is 3. The van der Waals surface area contributed by atoms with Crippen molar-refractivity contribution >= 4 is 35.5 Å². The van der Waals surface area contributed by atoms with E-state index in [0.717, 1.165) is 77.0 Å². The number of aromatic nitrogens is 4. The van der Waals surface area contributed by atoms with E-state index < -0.39 is 23.9 Å². The van der Waals surface area contributed by atoms with Crippen molar-refractivity contribution in [2.24, 2.45) is 0 Å². The molecule has 5 heterocycles. The van der Waals surface area contributed by atoms with E-state index in [4.69, 9.17) is 24.7 Å². The minimum atomic E-state index is -1.15. The maximum atomic E-state index is 12.7. The van der Waals surface area contributed by atoms with E-state index in [-0.39, 0.29) is 23.3 Å². The lowest BCUT2D eigenvalue weighted by Gasteiger charge is -2.32.